The summed E-state index contributed by atoms with van der Waals surface area (Å²) < 4.78 is 179. The van der Waals surface area contributed by atoms with Crippen LogP contribution in [0.5, 0.6) is 0 Å². The Bertz CT molecular complexity index is 1230. The monoisotopic (exact) mass is 671 g/mol. The van der Waals surface area contributed by atoms with Gasteiger partial charge in [0.2, 0.25) is 0 Å². The molecule has 0 fully saturated rings. The van der Waals surface area contributed by atoms with Gasteiger partial charge in [-0.05, 0) is 24.6 Å². The molecule has 19 heteroatoms. The van der Waals surface area contributed by atoms with Gasteiger partial charge in [-0.3, -0.25) is 4.79 Å². The summed E-state index contributed by atoms with van der Waals surface area (Å²) in [6, 6.07) is 5.53. The number of thiophene rings is 1. The number of alkyl halides is 13. The lowest BCUT2D eigenvalue weighted by molar-refractivity contribution is -0.435. The molecule has 0 aliphatic heterocycles. The first-order valence-electron chi connectivity index (χ1n) is 9.80. The minimum Gasteiger partial charge on any atom is -0.462 e. The van der Waals surface area contributed by atoms with Crippen LogP contribution in [0.25, 0.3) is 11.1 Å². The highest BCUT2D eigenvalue weighted by Crippen LogP contribution is 2.60. The minimum absolute atomic E-state index is 0.149. The fraction of sp³-hybridized carbons (Fsp3) is 0.400. The van der Waals surface area contributed by atoms with Crippen molar-refractivity contribution < 1.29 is 71.4 Å². The van der Waals surface area contributed by atoms with Crippen LogP contribution in [0.1, 0.15) is 17.3 Å². The van der Waals surface area contributed by atoms with Gasteiger partial charge >= 0.3 is 47.7 Å². The summed E-state index contributed by atoms with van der Waals surface area (Å²) in [4.78, 5) is 24.3. The number of rotatable bonds is 9. The molecule has 0 aliphatic rings. The van der Waals surface area contributed by atoms with Gasteiger partial charge in [0.15, 0.2) is 0 Å². The highest BCUT2D eigenvalue weighted by molar-refractivity contribution is 9.10. The van der Waals surface area contributed by atoms with E-state index >= 15 is 0 Å². The summed E-state index contributed by atoms with van der Waals surface area (Å²) >= 11 is 3.28. The van der Waals surface area contributed by atoms with E-state index < -0.39 is 58.2 Å². The topological polar surface area (TPSA) is 55.4 Å². The lowest BCUT2D eigenvalue weighted by Crippen LogP contribution is -2.71. The van der Waals surface area contributed by atoms with Crippen LogP contribution >= 0.6 is 27.3 Å². The van der Waals surface area contributed by atoms with Crippen LogP contribution in [-0.2, 0) is 9.53 Å². The summed E-state index contributed by atoms with van der Waals surface area (Å²) in [5.74, 6) is -44.0. The third kappa shape index (κ3) is 5.30. The highest BCUT2D eigenvalue weighted by Gasteiger charge is 2.91. The van der Waals surface area contributed by atoms with Gasteiger partial charge in [0.25, 0.3) is 0 Å². The van der Waals surface area contributed by atoms with Crippen molar-refractivity contribution in [3.05, 3.63) is 39.7 Å². The number of carbonyl (C=O) groups is 2. The van der Waals surface area contributed by atoms with E-state index in [4.69, 9.17) is 0 Å². The average Bonchev–Trinajstić information content (AvgIpc) is 3.21. The Morgan fingerprint density at radius 1 is 0.821 bits per heavy atom. The van der Waals surface area contributed by atoms with Crippen LogP contribution < -0.4 is 5.32 Å². The zero-order valence-corrected chi connectivity index (χ0v) is 20.9. The highest BCUT2D eigenvalue weighted by atomic mass is 79.9. The summed E-state index contributed by atoms with van der Waals surface area (Å²) in [5.41, 5.74) is -0.800. The second-order valence-electron chi connectivity index (χ2n) is 7.40. The van der Waals surface area contributed by atoms with E-state index in [0.717, 1.165) is 10.7 Å². The van der Waals surface area contributed by atoms with Crippen molar-refractivity contribution in [2.45, 2.75) is 42.7 Å². The molecule has 39 heavy (non-hydrogen) atoms. The molecule has 1 aromatic heterocycles. The minimum atomic E-state index is -8.15. The first-order valence-corrected chi connectivity index (χ1v) is 11.5. The van der Waals surface area contributed by atoms with Crippen LogP contribution in [0.3, 0.4) is 0 Å². The number of nitrogens with one attached hydrogen (secondary N) is 1. The first kappa shape index (κ1) is 32.6. The molecule has 0 unspecified atom stereocenters. The Morgan fingerprint density at radius 3 is 1.77 bits per heavy atom. The van der Waals surface area contributed by atoms with Gasteiger partial charge in [-0.15, -0.1) is 11.3 Å². The Balaban J connectivity index is 2.56. The summed E-state index contributed by atoms with van der Waals surface area (Å²) in [7, 11) is 0. The van der Waals surface area contributed by atoms with Crippen molar-refractivity contribution in [3.63, 3.8) is 0 Å². The van der Waals surface area contributed by atoms with E-state index in [-0.39, 0.29) is 29.1 Å². The maximum absolute atomic E-state index is 14.2. The molecule has 1 aromatic carbocycles. The van der Waals surface area contributed by atoms with Crippen molar-refractivity contribution >= 4 is 44.1 Å². The predicted octanol–water partition coefficient (Wildman–Crippen LogP) is 8.03. The molecule has 4 nitrogen and oxygen atoms in total. The van der Waals surface area contributed by atoms with E-state index in [0.29, 0.717) is 4.47 Å². The van der Waals surface area contributed by atoms with E-state index in [1.165, 1.54) is 31.2 Å². The molecule has 1 heterocycles. The molecule has 0 atom stereocenters. The lowest BCUT2D eigenvalue weighted by Gasteiger charge is -2.39. The van der Waals surface area contributed by atoms with Gasteiger partial charge in [0, 0.05) is 15.4 Å². The van der Waals surface area contributed by atoms with Crippen molar-refractivity contribution in [1.82, 2.24) is 0 Å². The van der Waals surface area contributed by atoms with Gasteiger partial charge in [-0.25, -0.2) is 4.79 Å². The second-order valence-corrected chi connectivity index (χ2v) is 9.20. The molecular formula is C20H11BrF13NO3S. The number of halogens is 14. The lowest BCUT2D eigenvalue weighted by atomic mass is 9.93. The number of carbonyl (C=O) groups excluding carboxylic acids is 2. The Kier molecular flexibility index (Phi) is 8.74. The average molecular weight is 672 g/mol. The van der Waals surface area contributed by atoms with Crippen LogP contribution in [0.15, 0.2) is 34.1 Å². The molecule has 0 saturated carbocycles. The van der Waals surface area contributed by atoms with Crippen LogP contribution in [0.4, 0.5) is 62.1 Å². The normalized spacial score (nSPS) is 13.8. The van der Waals surface area contributed by atoms with Crippen molar-refractivity contribution in [2.24, 2.45) is 0 Å². The van der Waals surface area contributed by atoms with E-state index in [1.54, 1.807) is 0 Å². The summed E-state index contributed by atoms with van der Waals surface area (Å²) in [6.45, 7) is 0.917. The van der Waals surface area contributed by atoms with E-state index in [9.17, 15) is 66.7 Å². The number of esters is 1. The molecule has 0 bridgehead atoms. The molecule has 0 aliphatic carbocycles. The first-order chi connectivity index (χ1) is 17.5. The van der Waals surface area contributed by atoms with Crippen LogP contribution in [0, 0.1) is 0 Å². The third-order valence-corrected chi connectivity index (χ3v) is 6.30. The molecule has 2 aromatic rings. The molecule has 0 spiro atoms. The molecule has 2 rings (SSSR count). The van der Waals surface area contributed by atoms with Gasteiger partial charge in [0.05, 0.1) is 6.61 Å². The van der Waals surface area contributed by atoms with Gasteiger partial charge in [0.1, 0.15) is 10.6 Å². The molecule has 1 N–H and O–H groups in total. The Hall–Kier alpha value is -2.57. The fourth-order valence-electron chi connectivity index (χ4n) is 2.79. The molecule has 0 radical (unpaired) electrons. The van der Waals surface area contributed by atoms with Crippen LogP contribution in [-0.4, -0.2) is 54.3 Å². The van der Waals surface area contributed by atoms with E-state index in [2.05, 4.69) is 20.7 Å². The Labute approximate surface area is 221 Å². The van der Waals surface area contributed by atoms with Crippen molar-refractivity contribution in [3.8, 4) is 11.1 Å². The standard InChI is InChI=1S/C20H11BrF13NO3S/c1-2-38-13(36)11-10(8-3-5-9(21)6-4-8)7-39-12(11)35-14(37)15(22,23)16(24,25)17(26,27)18(28,29)19(30,31)20(32,33)34/h3-7H,2H2,1H3,(H,35,37). The van der Waals surface area contributed by atoms with Gasteiger partial charge < -0.3 is 10.1 Å². The zero-order chi connectivity index (χ0) is 30.4. The SMILES string of the molecule is CCOC(=O)c1c(-c2ccc(Br)cc2)csc1NC(=O)C(F)(F)C(F)(F)C(F)(F)C(F)(F)C(F)(F)C(F)(F)F. The molecule has 218 valence electrons. The number of hydrogen-bond donors (Lipinski definition) is 1. The van der Waals surface area contributed by atoms with Gasteiger partial charge in [-0.2, -0.15) is 57.1 Å². The molecule has 1 amide bonds. The number of ether oxygens (including phenoxy) is 1. The third-order valence-electron chi connectivity index (χ3n) is 4.87. The fourth-order valence-corrected chi connectivity index (χ4v) is 4.01. The smallest absolute Gasteiger partial charge is 0.460 e. The van der Waals surface area contributed by atoms with E-state index in [1.807, 2.05) is 0 Å². The quantitative estimate of drug-likeness (QED) is 0.217. The number of anilines is 1. The summed E-state index contributed by atoms with van der Waals surface area (Å²) in [5, 5.41) is 0.883. The van der Waals surface area contributed by atoms with Crippen molar-refractivity contribution in [1.29, 1.82) is 0 Å². The Morgan fingerprint density at radius 2 is 1.31 bits per heavy atom. The zero-order valence-electron chi connectivity index (χ0n) is 18.5. The summed E-state index contributed by atoms with van der Waals surface area (Å²) in [6.07, 6.45) is -7.58. The van der Waals surface area contributed by atoms with Crippen LogP contribution in [0.2, 0.25) is 0 Å². The maximum Gasteiger partial charge on any atom is 0.460 e. The number of hydrogen-bond acceptors (Lipinski definition) is 4. The molecular weight excluding hydrogens is 661 g/mol. The predicted molar refractivity (Wildman–Crippen MR) is 113 cm³/mol. The number of benzene rings is 1. The van der Waals surface area contributed by atoms with Gasteiger partial charge in [-0.1, -0.05) is 28.1 Å². The molecule has 0 saturated heterocycles. The second kappa shape index (κ2) is 10.4. The maximum atomic E-state index is 14.2. The number of amides is 1. The largest absolute Gasteiger partial charge is 0.462 e. The van der Waals surface area contributed by atoms with Crippen molar-refractivity contribution in [2.75, 3.05) is 11.9 Å².